The van der Waals surface area contributed by atoms with Gasteiger partial charge in [0.2, 0.25) is 0 Å². The molecule has 3 aromatic rings. The third kappa shape index (κ3) is 5.74. The van der Waals surface area contributed by atoms with E-state index in [1.54, 1.807) is 42.5 Å². The number of hydrogen-bond acceptors (Lipinski definition) is 6. The third-order valence-electron chi connectivity index (χ3n) is 5.00. The summed E-state index contributed by atoms with van der Waals surface area (Å²) in [4.78, 5) is 39.6. The van der Waals surface area contributed by atoms with Gasteiger partial charge in [0.25, 0.3) is 11.1 Å². The van der Waals surface area contributed by atoms with Gasteiger partial charge in [-0.1, -0.05) is 57.9 Å². The van der Waals surface area contributed by atoms with Crippen molar-refractivity contribution in [2.45, 2.75) is 6.54 Å². The van der Waals surface area contributed by atoms with Crippen molar-refractivity contribution < 1.29 is 23.9 Å². The molecule has 0 bridgehead atoms. The maximum atomic E-state index is 13.0. The number of thioether (sulfide) groups is 1. The topological polar surface area (TPSA) is 72.9 Å². The molecule has 0 saturated carbocycles. The maximum absolute atomic E-state index is 13.0. The molecule has 3 aromatic carbocycles. The average Bonchev–Trinajstić information content (AvgIpc) is 3.09. The highest BCUT2D eigenvalue weighted by atomic mass is 127. The molecular formula is C25H16BrClINO5S. The molecule has 0 spiro atoms. The molecule has 0 aromatic heterocycles. The molecule has 4 rings (SSSR count). The van der Waals surface area contributed by atoms with Crippen LogP contribution < -0.4 is 9.47 Å². The minimum atomic E-state index is -0.618. The fourth-order valence-corrected chi connectivity index (χ4v) is 5.48. The van der Waals surface area contributed by atoms with Crippen molar-refractivity contribution in [1.82, 2.24) is 4.90 Å². The fraction of sp³-hybridized carbons (Fsp3) is 0.0800. The second kappa shape index (κ2) is 11.2. The fourth-order valence-electron chi connectivity index (χ4n) is 3.28. The Labute approximate surface area is 232 Å². The number of methoxy groups -OCH3 is 1. The van der Waals surface area contributed by atoms with Crippen LogP contribution in [0.5, 0.6) is 11.5 Å². The first-order valence-corrected chi connectivity index (χ1v) is 13.2. The van der Waals surface area contributed by atoms with E-state index in [1.165, 1.54) is 12.0 Å². The molecule has 178 valence electrons. The number of rotatable bonds is 6. The minimum absolute atomic E-state index is 0.168. The Kier molecular flexibility index (Phi) is 8.20. The molecule has 35 heavy (non-hydrogen) atoms. The molecule has 0 N–H and O–H groups in total. The van der Waals surface area contributed by atoms with E-state index in [0.29, 0.717) is 19.8 Å². The lowest BCUT2D eigenvalue weighted by Crippen LogP contribution is -2.27. The van der Waals surface area contributed by atoms with Crippen molar-refractivity contribution in [3.63, 3.8) is 0 Å². The van der Waals surface area contributed by atoms with Crippen molar-refractivity contribution in [3.05, 3.63) is 95.3 Å². The molecule has 0 atom stereocenters. The summed E-state index contributed by atoms with van der Waals surface area (Å²) < 4.78 is 12.4. The Hall–Kier alpha value is -2.34. The van der Waals surface area contributed by atoms with Crippen molar-refractivity contribution >= 4 is 85.1 Å². The number of hydrogen-bond donors (Lipinski definition) is 0. The maximum Gasteiger partial charge on any atom is 0.345 e. The van der Waals surface area contributed by atoms with Crippen LogP contribution in [0.2, 0.25) is 5.02 Å². The van der Waals surface area contributed by atoms with Gasteiger partial charge in [-0.2, -0.15) is 0 Å². The standard InChI is InChI=1S/C25H16BrClINO5S/c1-33-20-11-14(10-19(28)22(20)34-24(31)16-7-3-5-9-18(16)27)12-21-23(30)29(25(32)35-21)13-15-6-2-4-8-17(15)26/h2-12H,13H2,1H3/b21-12-. The first-order valence-electron chi connectivity index (χ1n) is 10.1. The van der Waals surface area contributed by atoms with Crippen molar-refractivity contribution in [2.24, 2.45) is 0 Å². The predicted octanol–water partition coefficient (Wildman–Crippen LogP) is 7.17. The summed E-state index contributed by atoms with van der Waals surface area (Å²) in [7, 11) is 1.45. The number of esters is 1. The molecule has 1 heterocycles. The zero-order valence-corrected chi connectivity index (χ0v) is 23.4. The first-order chi connectivity index (χ1) is 16.8. The molecule has 10 heteroatoms. The van der Waals surface area contributed by atoms with Gasteiger partial charge in [0, 0.05) is 4.47 Å². The lowest BCUT2D eigenvalue weighted by Gasteiger charge is -2.14. The Morgan fingerprint density at radius 3 is 2.57 bits per heavy atom. The molecular weight excluding hydrogens is 669 g/mol. The van der Waals surface area contributed by atoms with E-state index < -0.39 is 5.97 Å². The molecule has 0 aliphatic carbocycles. The van der Waals surface area contributed by atoms with E-state index in [4.69, 9.17) is 21.1 Å². The van der Waals surface area contributed by atoms with Gasteiger partial charge < -0.3 is 9.47 Å². The summed E-state index contributed by atoms with van der Waals surface area (Å²) in [6.07, 6.45) is 1.62. The molecule has 6 nitrogen and oxygen atoms in total. The molecule has 1 saturated heterocycles. The van der Waals surface area contributed by atoms with Gasteiger partial charge >= 0.3 is 5.97 Å². The monoisotopic (exact) mass is 683 g/mol. The largest absolute Gasteiger partial charge is 0.493 e. The Morgan fingerprint density at radius 1 is 1.14 bits per heavy atom. The van der Waals surface area contributed by atoms with Crippen LogP contribution in [0.1, 0.15) is 21.5 Å². The summed E-state index contributed by atoms with van der Waals surface area (Å²) in [5, 5.41) is -0.0645. The van der Waals surface area contributed by atoms with E-state index in [1.807, 2.05) is 46.9 Å². The van der Waals surface area contributed by atoms with E-state index in [0.717, 1.165) is 21.8 Å². The predicted molar refractivity (Wildman–Crippen MR) is 148 cm³/mol. The Balaban J connectivity index is 1.58. The third-order valence-corrected chi connectivity index (χ3v) is 7.81. The van der Waals surface area contributed by atoms with Gasteiger partial charge in [0.15, 0.2) is 11.5 Å². The van der Waals surface area contributed by atoms with Crippen molar-refractivity contribution in [3.8, 4) is 11.5 Å². The second-order valence-electron chi connectivity index (χ2n) is 7.26. The van der Waals surface area contributed by atoms with Crippen LogP contribution in [-0.4, -0.2) is 29.1 Å². The summed E-state index contributed by atoms with van der Waals surface area (Å²) >= 11 is 12.5. The Morgan fingerprint density at radius 2 is 1.86 bits per heavy atom. The highest BCUT2D eigenvalue weighted by Gasteiger charge is 2.35. The molecule has 0 unspecified atom stereocenters. The van der Waals surface area contributed by atoms with Gasteiger partial charge in [-0.15, -0.1) is 0 Å². The SMILES string of the molecule is COc1cc(/C=C2\SC(=O)N(Cc3ccccc3Br)C2=O)cc(I)c1OC(=O)c1ccccc1Cl. The van der Waals surface area contributed by atoms with E-state index in [-0.39, 0.29) is 34.0 Å². The van der Waals surface area contributed by atoms with Crippen molar-refractivity contribution in [2.75, 3.05) is 7.11 Å². The first kappa shape index (κ1) is 25.7. The number of ether oxygens (including phenoxy) is 2. The number of carbonyl (C=O) groups is 3. The number of nitrogens with zero attached hydrogens (tertiary/aromatic N) is 1. The van der Waals surface area contributed by atoms with Crippen LogP contribution in [0.4, 0.5) is 4.79 Å². The number of amides is 2. The van der Waals surface area contributed by atoms with Crippen LogP contribution in [0.15, 0.2) is 70.0 Å². The minimum Gasteiger partial charge on any atom is -0.493 e. The average molecular weight is 685 g/mol. The molecule has 1 aliphatic heterocycles. The van der Waals surface area contributed by atoms with Gasteiger partial charge in [-0.05, 0) is 81.9 Å². The zero-order chi connectivity index (χ0) is 25.1. The van der Waals surface area contributed by atoms with Gasteiger partial charge in [0.05, 0.1) is 32.7 Å². The number of imide groups is 1. The number of benzene rings is 3. The molecule has 1 aliphatic rings. The van der Waals surface area contributed by atoms with E-state index in [9.17, 15) is 14.4 Å². The van der Waals surface area contributed by atoms with Crippen LogP contribution in [0, 0.1) is 3.57 Å². The van der Waals surface area contributed by atoms with Gasteiger partial charge in [0.1, 0.15) is 0 Å². The quantitative estimate of drug-likeness (QED) is 0.119. The van der Waals surface area contributed by atoms with Crippen LogP contribution in [-0.2, 0) is 11.3 Å². The lowest BCUT2D eigenvalue weighted by molar-refractivity contribution is -0.123. The van der Waals surface area contributed by atoms with Crippen molar-refractivity contribution in [1.29, 1.82) is 0 Å². The van der Waals surface area contributed by atoms with Crippen LogP contribution in [0.3, 0.4) is 0 Å². The number of carbonyl (C=O) groups excluding carboxylic acids is 3. The van der Waals surface area contributed by atoms with E-state index >= 15 is 0 Å². The summed E-state index contributed by atoms with van der Waals surface area (Å²) in [6, 6.07) is 17.4. The van der Waals surface area contributed by atoms with E-state index in [2.05, 4.69) is 15.9 Å². The number of halogens is 3. The summed E-state index contributed by atoms with van der Waals surface area (Å²) in [5.41, 5.74) is 1.68. The lowest BCUT2D eigenvalue weighted by atomic mass is 10.1. The van der Waals surface area contributed by atoms with Gasteiger partial charge in [-0.25, -0.2) is 4.79 Å². The second-order valence-corrected chi connectivity index (χ2v) is 10.7. The van der Waals surface area contributed by atoms with Crippen LogP contribution >= 0.6 is 61.9 Å². The van der Waals surface area contributed by atoms with Gasteiger partial charge in [-0.3, -0.25) is 14.5 Å². The summed E-state index contributed by atoms with van der Waals surface area (Å²) in [6.45, 7) is 0.168. The normalized spacial score (nSPS) is 14.5. The van der Waals surface area contributed by atoms with Crippen LogP contribution in [0.25, 0.3) is 6.08 Å². The smallest absolute Gasteiger partial charge is 0.345 e. The Bertz CT molecular complexity index is 1380. The summed E-state index contributed by atoms with van der Waals surface area (Å²) in [5.74, 6) is -0.458. The highest BCUT2D eigenvalue weighted by Crippen LogP contribution is 2.38. The molecule has 0 radical (unpaired) electrons. The highest BCUT2D eigenvalue weighted by molar-refractivity contribution is 14.1. The molecule has 1 fully saturated rings. The molecule has 2 amide bonds. The zero-order valence-electron chi connectivity index (χ0n) is 18.1.